The number of nitrogens with zero attached hydrogens (tertiary/aromatic N) is 3. The zero-order chi connectivity index (χ0) is 25.5. The van der Waals surface area contributed by atoms with E-state index < -0.39 is 0 Å². The van der Waals surface area contributed by atoms with E-state index in [1.54, 1.807) is 0 Å². The van der Waals surface area contributed by atoms with Crippen LogP contribution in [0.5, 0.6) is 0 Å². The number of hydrogen-bond acceptors (Lipinski definition) is 6. The lowest BCUT2D eigenvalue weighted by atomic mass is 9.86. The average Bonchev–Trinajstić information content (AvgIpc) is 2.94. The van der Waals surface area contributed by atoms with Crippen LogP contribution in [-0.4, -0.2) is 43.2 Å². The fraction of sp³-hybridized carbons (Fsp3) is 0.355. The Morgan fingerprint density at radius 2 is 1.51 bits per heavy atom. The van der Waals surface area contributed by atoms with E-state index >= 15 is 0 Å². The summed E-state index contributed by atoms with van der Waals surface area (Å²) in [5.41, 5.74) is 2.37. The molecule has 1 aliphatic carbocycles. The molecule has 3 aromatic carbocycles. The molecule has 0 spiro atoms. The van der Waals surface area contributed by atoms with Crippen LogP contribution in [0.15, 0.2) is 89.8 Å². The smallest absolute Gasteiger partial charge is 0.225 e. The molecule has 5 rings (SSSR count). The summed E-state index contributed by atoms with van der Waals surface area (Å²) in [5, 5.41) is 8.94. The zero-order valence-electron chi connectivity index (χ0n) is 21.8. The molecule has 2 N–H and O–H groups in total. The first kappa shape index (κ1) is 25.6. The Balaban J connectivity index is 1.13. The lowest BCUT2D eigenvalue weighted by Gasteiger charge is -2.30. The monoisotopic (exact) mass is 511 g/mol. The molecule has 4 aromatic rings. The molecule has 0 amide bonds. The Kier molecular flexibility index (Phi) is 8.59. The predicted molar refractivity (Wildman–Crippen MR) is 158 cm³/mol. The summed E-state index contributed by atoms with van der Waals surface area (Å²) in [4.78, 5) is 13.0. The van der Waals surface area contributed by atoms with E-state index in [4.69, 9.17) is 9.97 Å². The number of benzene rings is 3. The van der Waals surface area contributed by atoms with Crippen molar-refractivity contribution in [2.75, 3.05) is 37.4 Å². The van der Waals surface area contributed by atoms with Gasteiger partial charge in [-0.25, -0.2) is 4.98 Å². The van der Waals surface area contributed by atoms with Crippen LogP contribution in [0.1, 0.15) is 36.5 Å². The number of nitrogens with one attached hydrogen (secondary N) is 2. The van der Waals surface area contributed by atoms with Gasteiger partial charge in [-0.15, -0.1) is 11.8 Å². The topological polar surface area (TPSA) is 53.1 Å². The third kappa shape index (κ3) is 6.82. The Bertz CT molecular complexity index is 1260. The SMILES string of the molecule is CN(C)c1nc(NC2CCC(CNCC(Sc3ccccc3)c3ccccc3)CC2)nc2ccccc12. The molecule has 6 heteroatoms. The molecule has 1 atom stereocenters. The molecule has 1 fully saturated rings. The van der Waals surface area contributed by atoms with E-state index in [1.807, 2.05) is 38.0 Å². The second-order valence-corrected chi connectivity index (χ2v) is 11.4. The molecule has 1 heterocycles. The van der Waals surface area contributed by atoms with Crippen molar-refractivity contribution in [1.29, 1.82) is 0 Å². The highest BCUT2D eigenvalue weighted by molar-refractivity contribution is 7.99. The van der Waals surface area contributed by atoms with E-state index in [9.17, 15) is 0 Å². The number of rotatable bonds is 10. The van der Waals surface area contributed by atoms with E-state index in [0.29, 0.717) is 17.2 Å². The first-order chi connectivity index (χ1) is 18.2. The van der Waals surface area contributed by atoms with Crippen LogP contribution in [0.2, 0.25) is 0 Å². The minimum Gasteiger partial charge on any atom is -0.362 e. The number of aromatic nitrogens is 2. The van der Waals surface area contributed by atoms with E-state index in [1.165, 1.54) is 23.3 Å². The van der Waals surface area contributed by atoms with Crippen molar-refractivity contribution >= 4 is 34.4 Å². The van der Waals surface area contributed by atoms with Gasteiger partial charge in [-0.2, -0.15) is 4.98 Å². The fourth-order valence-corrected chi connectivity index (χ4v) is 6.27. The Labute approximate surface area is 225 Å². The minimum atomic E-state index is 0.401. The Morgan fingerprint density at radius 3 is 2.24 bits per heavy atom. The lowest BCUT2D eigenvalue weighted by Crippen LogP contribution is -2.33. The molecule has 192 valence electrons. The maximum absolute atomic E-state index is 4.83. The Hall–Kier alpha value is -3.09. The van der Waals surface area contributed by atoms with Crippen LogP contribution >= 0.6 is 11.8 Å². The summed E-state index contributed by atoms with van der Waals surface area (Å²) in [6.07, 6.45) is 4.75. The van der Waals surface area contributed by atoms with Crippen LogP contribution in [0.4, 0.5) is 11.8 Å². The molecule has 5 nitrogen and oxygen atoms in total. The van der Waals surface area contributed by atoms with E-state index in [2.05, 4.69) is 88.3 Å². The highest BCUT2D eigenvalue weighted by Gasteiger charge is 2.23. The molecular weight excluding hydrogens is 474 g/mol. The summed E-state index contributed by atoms with van der Waals surface area (Å²) in [7, 11) is 4.08. The number of para-hydroxylation sites is 1. The van der Waals surface area contributed by atoms with Gasteiger partial charge in [-0.05, 0) is 68.0 Å². The third-order valence-corrected chi connectivity index (χ3v) is 8.41. The average molecular weight is 512 g/mol. The van der Waals surface area contributed by atoms with Gasteiger partial charge in [0.25, 0.3) is 0 Å². The zero-order valence-corrected chi connectivity index (χ0v) is 22.6. The summed E-state index contributed by atoms with van der Waals surface area (Å²) in [6, 6.07) is 30.3. The minimum absolute atomic E-state index is 0.401. The third-order valence-electron chi connectivity index (χ3n) is 7.14. The van der Waals surface area contributed by atoms with Crippen molar-refractivity contribution in [1.82, 2.24) is 15.3 Å². The molecule has 0 saturated heterocycles. The Morgan fingerprint density at radius 1 is 0.838 bits per heavy atom. The lowest BCUT2D eigenvalue weighted by molar-refractivity contribution is 0.324. The molecule has 1 saturated carbocycles. The van der Waals surface area contributed by atoms with Crippen LogP contribution in [0, 0.1) is 5.92 Å². The quantitative estimate of drug-likeness (QED) is 0.229. The van der Waals surface area contributed by atoms with Gasteiger partial charge in [-0.3, -0.25) is 0 Å². The van der Waals surface area contributed by atoms with E-state index in [0.717, 1.165) is 48.6 Å². The highest BCUT2D eigenvalue weighted by atomic mass is 32.2. The van der Waals surface area contributed by atoms with Gasteiger partial charge in [-0.1, -0.05) is 60.7 Å². The highest BCUT2D eigenvalue weighted by Crippen LogP contribution is 2.35. The van der Waals surface area contributed by atoms with E-state index in [-0.39, 0.29) is 0 Å². The number of anilines is 2. The molecule has 37 heavy (non-hydrogen) atoms. The largest absolute Gasteiger partial charge is 0.362 e. The number of hydrogen-bond donors (Lipinski definition) is 2. The van der Waals surface area contributed by atoms with Gasteiger partial charge in [0.15, 0.2) is 0 Å². The van der Waals surface area contributed by atoms with Gasteiger partial charge in [0.1, 0.15) is 5.82 Å². The van der Waals surface area contributed by atoms with Crippen molar-refractivity contribution < 1.29 is 0 Å². The first-order valence-corrected chi connectivity index (χ1v) is 14.2. The number of fused-ring (bicyclic) bond motifs is 1. The summed E-state index contributed by atoms with van der Waals surface area (Å²) in [5.74, 6) is 2.42. The molecule has 0 radical (unpaired) electrons. The van der Waals surface area contributed by atoms with Crippen molar-refractivity contribution in [2.24, 2.45) is 5.92 Å². The van der Waals surface area contributed by atoms with Crippen molar-refractivity contribution in [3.8, 4) is 0 Å². The van der Waals surface area contributed by atoms with Gasteiger partial charge in [0, 0.05) is 42.2 Å². The molecule has 1 aliphatic rings. The molecule has 0 bridgehead atoms. The number of thioether (sulfide) groups is 1. The maximum Gasteiger partial charge on any atom is 0.225 e. The molecule has 0 aliphatic heterocycles. The maximum atomic E-state index is 4.83. The predicted octanol–water partition coefficient (Wildman–Crippen LogP) is 6.79. The second-order valence-electron chi connectivity index (χ2n) is 10.1. The van der Waals surface area contributed by atoms with Gasteiger partial charge >= 0.3 is 0 Å². The van der Waals surface area contributed by atoms with Crippen LogP contribution in [-0.2, 0) is 0 Å². The summed E-state index contributed by atoms with van der Waals surface area (Å²) in [6.45, 7) is 2.04. The van der Waals surface area contributed by atoms with Gasteiger partial charge in [0.05, 0.1) is 5.52 Å². The summed E-state index contributed by atoms with van der Waals surface area (Å²) < 4.78 is 0. The summed E-state index contributed by atoms with van der Waals surface area (Å²) >= 11 is 1.94. The van der Waals surface area contributed by atoms with Gasteiger partial charge in [0.2, 0.25) is 5.95 Å². The van der Waals surface area contributed by atoms with Crippen molar-refractivity contribution in [3.63, 3.8) is 0 Å². The molecule has 1 unspecified atom stereocenters. The van der Waals surface area contributed by atoms with Crippen LogP contribution < -0.4 is 15.5 Å². The fourth-order valence-electron chi connectivity index (χ4n) is 5.14. The first-order valence-electron chi connectivity index (χ1n) is 13.3. The van der Waals surface area contributed by atoms with Crippen molar-refractivity contribution in [2.45, 2.75) is 41.9 Å². The standard InChI is InChI=1S/C31H37N5S/c1-36(2)30-27-15-9-10-16-28(27)34-31(35-30)33-25-19-17-23(18-20-25)21-32-22-29(24-11-5-3-6-12-24)37-26-13-7-4-8-14-26/h3-16,23,25,29,32H,17-22H2,1-2H3,(H,33,34,35). The normalized spacial score (nSPS) is 18.4. The second kappa shape index (κ2) is 12.4. The van der Waals surface area contributed by atoms with Crippen LogP contribution in [0.25, 0.3) is 10.9 Å². The molecular formula is C31H37N5S. The molecule has 1 aromatic heterocycles. The van der Waals surface area contributed by atoms with Crippen molar-refractivity contribution in [3.05, 3.63) is 90.5 Å². The van der Waals surface area contributed by atoms with Gasteiger partial charge < -0.3 is 15.5 Å². The van der Waals surface area contributed by atoms with Crippen LogP contribution in [0.3, 0.4) is 0 Å².